The molecule has 96 valence electrons. The molecule has 0 aliphatic heterocycles. The van der Waals surface area contributed by atoms with Crippen LogP contribution in [0.25, 0.3) is 0 Å². The summed E-state index contributed by atoms with van der Waals surface area (Å²) in [4.78, 5) is 11.8. The minimum absolute atomic E-state index is 0. The smallest absolute Gasteiger partial charge is 0.251 e. The molecule has 3 N–H and O–H groups in total. The van der Waals surface area contributed by atoms with Gasteiger partial charge in [0.25, 0.3) is 5.91 Å². The number of carbonyl (C=O) groups is 1. The van der Waals surface area contributed by atoms with Crippen molar-refractivity contribution in [2.75, 3.05) is 12.3 Å². The second-order valence-electron chi connectivity index (χ2n) is 4.02. The summed E-state index contributed by atoms with van der Waals surface area (Å²) < 4.78 is 0. The number of anilines is 1. The van der Waals surface area contributed by atoms with Crippen LogP contribution in [-0.4, -0.2) is 12.5 Å². The van der Waals surface area contributed by atoms with E-state index >= 15 is 0 Å². The summed E-state index contributed by atoms with van der Waals surface area (Å²) in [6.07, 6.45) is 2.18. The van der Waals surface area contributed by atoms with Crippen LogP contribution in [0.3, 0.4) is 0 Å². The van der Waals surface area contributed by atoms with Gasteiger partial charge in [0.05, 0.1) is 0 Å². The van der Waals surface area contributed by atoms with E-state index < -0.39 is 0 Å². The number of halogens is 1. The Bertz CT molecular complexity index is 351. The molecular formula is C13H21ClN2O. The van der Waals surface area contributed by atoms with Crippen LogP contribution in [0.2, 0.25) is 0 Å². The standard InChI is InChI=1S/C13H20N2O.ClH/c1-3-10(4-2)9-15-13(16)11-6-5-7-12(14)8-11;/h5-8,10H,3-4,9,14H2,1-2H3,(H,15,16);1H. The molecule has 0 saturated heterocycles. The van der Waals surface area contributed by atoms with Gasteiger partial charge in [0.1, 0.15) is 0 Å². The molecule has 0 bridgehead atoms. The third-order valence-electron chi connectivity index (χ3n) is 2.85. The largest absolute Gasteiger partial charge is 0.399 e. The van der Waals surface area contributed by atoms with Gasteiger partial charge in [0.15, 0.2) is 0 Å². The second kappa shape index (κ2) is 7.96. The lowest BCUT2D eigenvalue weighted by Crippen LogP contribution is -2.28. The average molecular weight is 257 g/mol. The van der Waals surface area contributed by atoms with Crippen LogP contribution in [-0.2, 0) is 0 Å². The second-order valence-corrected chi connectivity index (χ2v) is 4.02. The zero-order chi connectivity index (χ0) is 12.0. The van der Waals surface area contributed by atoms with Crippen LogP contribution >= 0.6 is 12.4 Å². The Hall–Kier alpha value is -1.22. The Morgan fingerprint density at radius 1 is 1.35 bits per heavy atom. The van der Waals surface area contributed by atoms with Crippen LogP contribution in [0.1, 0.15) is 37.0 Å². The number of nitrogens with two attached hydrogens (primary N) is 1. The van der Waals surface area contributed by atoms with Gasteiger partial charge in [-0.2, -0.15) is 0 Å². The maximum Gasteiger partial charge on any atom is 0.251 e. The van der Waals surface area contributed by atoms with E-state index in [0.717, 1.165) is 19.4 Å². The molecule has 1 rings (SSSR count). The highest BCUT2D eigenvalue weighted by molar-refractivity contribution is 5.94. The molecule has 1 amide bonds. The summed E-state index contributed by atoms with van der Waals surface area (Å²) in [5, 5.41) is 2.93. The molecule has 1 aromatic rings. The van der Waals surface area contributed by atoms with Crippen LogP contribution in [0.5, 0.6) is 0 Å². The molecule has 0 fully saturated rings. The number of rotatable bonds is 5. The van der Waals surface area contributed by atoms with E-state index in [9.17, 15) is 4.79 Å². The lowest BCUT2D eigenvalue weighted by molar-refractivity contribution is 0.0946. The summed E-state index contributed by atoms with van der Waals surface area (Å²) in [5.74, 6) is 0.518. The van der Waals surface area contributed by atoms with E-state index in [1.807, 2.05) is 0 Å². The number of nitrogens with one attached hydrogen (secondary N) is 1. The van der Waals surface area contributed by atoms with Crippen LogP contribution < -0.4 is 11.1 Å². The van der Waals surface area contributed by atoms with Gasteiger partial charge in [-0.05, 0) is 24.1 Å². The van der Waals surface area contributed by atoms with Crippen LogP contribution in [0, 0.1) is 5.92 Å². The number of amides is 1. The first-order valence-corrected chi connectivity index (χ1v) is 5.81. The minimum Gasteiger partial charge on any atom is -0.399 e. The van der Waals surface area contributed by atoms with Gasteiger partial charge in [-0.15, -0.1) is 12.4 Å². The molecule has 0 heterocycles. The normalized spacial score (nSPS) is 9.82. The fraction of sp³-hybridized carbons (Fsp3) is 0.462. The Morgan fingerprint density at radius 3 is 2.53 bits per heavy atom. The van der Waals surface area contributed by atoms with Crippen molar-refractivity contribution in [1.82, 2.24) is 5.32 Å². The Morgan fingerprint density at radius 2 is 2.00 bits per heavy atom. The van der Waals surface area contributed by atoms with E-state index in [1.165, 1.54) is 0 Å². The van der Waals surface area contributed by atoms with Crippen molar-refractivity contribution in [3.05, 3.63) is 29.8 Å². The van der Waals surface area contributed by atoms with Crippen molar-refractivity contribution in [2.24, 2.45) is 5.92 Å². The quantitative estimate of drug-likeness (QED) is 0.796. The Labute approximate surface area is 109 Å². The first kappa shape index (κ1) is 15.8. The molecule has 3 nitrogen and oxygen atoms in total. The predicted molar refractivity (Wildman–Crippen MR) is 74.5 cm³/mol. The van der Waals surface area contributed by atoms with Crippen molar-refractivity contribution in [3.63, 3.8) is 0 Å². The van der Waals surface area contributed by atoms with Gasteiger partial charge in [0, 0.05) is 17.8 Å². The van der Waals surface area contributed by atoms with E-state index in [1.54, 1.807) is 24.3 Å². The third kappa shape index (κ3) is 5.09. The zero-order valence-electron chi connectivity index (χ0n) is 10.4. The van der Waals surface area contributed by atoms with Crippen molar-refractivity contribution in [1.29, 1.82) is 0 Å². The molecule has 0 atom stereocenters. The number of hydrogen-bond acceptors (Lipinski definition) is 2. The molecule has 4 heteroatoms. The monoisotopic (exact) mass is 256 g/mol. The van der Waals surface area contributed by atoms with Gasteiger partial charge in [-0.25, -0.2) is 0 Å². The highest BCUT2D eigenvalue weighted by Gasteiger charge is 2.08. The number of hydrogen-bond donors (Lipinski definition) is 2. The van der Waals surface area contributed by atoms with E-state index in [4.69, 9.17) is 5.73 Å². The summed E-state index contributed by atoms with van der Waals surface area (Å²) in [7, 11) is 0. The first-order chi connectivity index (χ1) is 7.67. The third-order valence-corrected chi connectivity index (χ3v) is 2.85. The van der Waals surface area contributed by atoms with Gasteiger partial charge in [-0.1, -0.05) is 32.8 Å². The molecule has 0 saturated carbocycles. The summed E-state index contributed by atoms with van der Waals surface area (Å²) in [6, 6.07) is 7.04. The summed E-state index contributed by atoms with van der Waals surface area (Å²) in [6.45, 7) is 5.02. The summed E-state index contributed by atoms with van der Waals surface area (Å²) in [5.41, 5.74) is 6.88. The van der Waals surface area contributed by atoms with Gasteiger partial charge < -0.3 is 11.1 Å². The Balaban J connectivity index is 0.00000256. The molecule has 0 aliphatic carbocycles. The highest BCUT2D eigenvalue weighted by Crippen LogP contribution is 2.08. The molecule has 17 heavy (non-hydrogen) atoms. The summed E-state index contributed by atoms with van der Waals surface area (Å²) >= 11 is 0. The van der Waals surface area contributed by atoms with E-state index in [2.05, 4.69) is 19.2 Å². The number of nitrogen functional groups attached to an aromatic ring is 1. The first-order valence-electron chi connectivity index (χ1n) is 5.81. The molecular weight excluding hydrogens is 236 g/mol. The zero-order valence-corrected chi connectivity index (χ0v) is 11.2. The lowest BCUT2D eigenvalue weighted by atomic mass is 10.0. The SMILES string of the molecule is CCC(CC)CNC(=O)c1cccc(N)c1.Cl. The number of carbonyl (C=O) groups excluding carboxylic acids is 1. The molecule has 0 aromatic heterocycles. The number of benzene rings is 1. The van der Waals surface area contributed by atoms with Crippen molar-refractivity contribution >= 4 is 24.0 Å². The molecule has 0 spiro atoms. The van der Waals surface area contributed by atoms with Crippen molar-refractivity contribution < 1.29 is 4.79 Å². The fourth-order valence-electron chi connectivity index (χ4n) is 1.60. The topological polar surface area (TPSA) is 55.1 Å². The Kier molecular flexibility index (Phi) is 7.39. The maximum atomic E-state index is 11.8. The van der Waals surface area contributed by atoms with Gasteiger partial charge >= 0.3 is 0 Å². The van der Waals surface area contributed by atoms with E-state index in [-0.39, 0.29) is 18.3 Å². The van der Waals surface area contributed by atoms with Crippen LogP contribution in [0.15, 0.2) is 24.3 Å². The average Bonchev–Trinajstić information content (AvgIpc) is 2.30. The van der Waals surface area contributed by atoms with E-state index in [0.29, 0.717) is 17.2 Å². The van der Waals surface area contributed by atoms with Crippen LogP contribution in [0.4, 0.5) is 5.69 Å². The molecule has 0 radical (unpaired) electrons. The van der Waals surface area contributed by atoms with Gasteiger partial charge in [-0.3, -0.25) is 4.79 Å². The van der Waals surface area contributed by atoms with Gasteiger partial charge in [0.2, 0.25) is 0 Å². The van der Waals surface area contributed by atoms with Crippen molar-refractivity contribution in [2.45, 2.75) is 26.7 Å². The highest BCUT2D eigenvalue weighted by atomic mass is 35.5. The maximum absolute atomic E-state index is 11.8. The molecule has 1 aromatic carbocycles. The predicted octanol–water partition coefficient (Wildman–Crippen LogP) is 2.86. The molecule has 0 aliphatic rings. The fourth-order valence-corrected chi connectivity index (χ4v) is 1.60. The van der Waals surface area contributed by atoms with Crippen molar-refractivity contribution in [3.8, 4) is 0 Å². The minimum atomic E-state index is -0.0424. The lowest BCUT2D eigenvalue weighted by Gasteiger charge is -2.13. The molecule has 0 unspecified atom stereocenters.